The lowest BCUT2D eigenvalue weighted by Crippen LogP contribution is -2.34. The number of alkyl halides is 3. The third kappa shape index (κ3) is 3.85. The molecule has 0 saturated heterocycles. The lowest BCUT2D eigenvalue weighted by Gasteiger charge is -2.28. The van der Waals surface area contributed by atoms with E-state index >= 15 is 0 Å². The molecule has 7 heteroatoms. The summed E-state index contributed by atoms with van der Waals surface area (Å²) >= 11 is 6.49. The predicted molar refractivity (Wildman–Crippen MR) is 97.8 cm³/mol. The van der Waals surface area contributed by atoms with Gasteiger partial charge in [0.2, 0.25) is 0 Å². The molecule has 1 heterocycles. The van der Waals surface area contributed by atoms with E-state index in [0.717, 1.165) is 17.0 Å². The van der Waals surface area contributed by atoms with Crippen LogP contribution in [0.15, 0.2) is 18.2 Å². The van der Waals surface area contributed by atoms with Gasteiger partial charge in [-0.2, -0.15) is 18.3 Å². The van der Waals surface area contributed by atoms with Crippen LogP contribution in [0, 0.1) is 5.41 Å². The van der Waals surface area contributed by atoms with Crippen LogP contribution in [0.1, 0.15) is 39.0 Å². The standard InChI is InChI=1S/C19H24ClF3N2O/c1-6-14-16(20)17(25(7-2)24-14)13-9-8-12(10-15(13)26-5)11-18(3,4)19(21,22)23/h8-10H,6-7,11H2,1-5H3. The molecule has 0 aliphatic heterocycles. The molecule has 1 aromatic carbocycles. The summed E-state index contributed by atoms with van der Waals surface area (Å²) in [5.41, 5.74) is 0.970. The van der Waals surface area contributed by atoms with Crippen LogP contribution in [0.3, 0.4) is 0 Å². The van der Waals surface area contributed by atoms with Gasteiger partial charge in [0, 0.05) is 12.1 Å². The Kier molecular flexibility index (Phi) is 5.95. The first kappa shape index (κ1) is 20.6. The topological polar surface area (TPSA) is 27.1 Å². The van der Waals surface area contributed by atoms with E-state index in [9.17, 15) is 13.2 Å². The van der Waals surface area contributed by atoms with Gasteiger partial charge in [-0.05, 0) is 37.5 Å². The second-order valence-electron chi connectivity index (χ2n) is 6.87. The number of hydrogen-bond acceptors (Lipinski definition) is 2. The molecule has 0 amide bonds. The van der Waals surface area contributed by atoms with Gasteiger partial charge >= 0.3 is 6.18 Å². The molecule has 0 saturated carbocycles. The lowest BCUT2D eigenvalue weighted by molar-refractivity contribution is -0.211. The third-order valence-corrected chi connectivity index (χ3v) is 4.93. The van der Waals surface area contributed by atoms with Gasteiger partial charge in [0.15, 0.2) is 0 Å². The third-order valence-electron chi connectivity index (χ3n) is 4.53. The Morgan fingerprint density at radius 2 is 1.85 bits per heavy atom. The molecular formula is C19H24ClF3N2O. The monoisotopic (exact) mass is 388 g/mol. The molecule has 0 atom stereocenters. The van der Waals surface area contributed by atoms with Crippen molar-refractivity contribution in [3.05, 3.63) is 34.5 Å². The maximum Gasteiger partial charge on any atom is 0.394 e. The number of ether oxygens (including phenoxy) is 1. The van der Waals surface area contributed by atoms with Crippen LogP contribution in [0.25, 0.3) is 11.3 Å². The zero-order chi connectivity index (χ0) is 19.7. The quantitative estimate of drug-likeness (QED) is 0.613. The molecule has 0 bridgehead atoms. The van der Waals surface area contributed by atoms with Gasteiger partial charge < -0.3 is 4.74 Å². The van der Waals surface area contributed by atoms with Crippen molar-refractivity contribution in [2.75, 3.05) is 7.11 Å². The van der Waals surface area contributed by atoms with E-state index in [-0.39, 0.29) is 6.42 Å². The molecule has 0 N–H and O–H groups in total. The van der Waals surface area contributed by atoms with Crippen molar-refractivity contribution in [3.8, 4) is 17.0 Å². The van der Waals surface area contributed by atoms with Crippen LogP contribution in [0.5, 0.6) is 5.75 Å². The van der Waals surface area contributed by atoms with E-state index in [1.165, 1.54) is 21.0 Å². The fourth-order valence-corrected chi connectivity index (χ4v) is 3.22. The number of aryl methyl sites for hydroxylation is 2. The SMILES string of the molecule is CCc1nn(CC)c(-c2ccc(CC(C)(C)C(F)(F)F)cc2OC)c1Cl. The zero-order valence-electron chi connectivity index (χ0n) is 15.7. The molecule has 0 aliphatic carbocycles. The number of nitrogens with zero attached hydrogens (tertiary/aromatic N) is 2. The van der Waals surface area contributed by atoms with Gasteiger partial charge in [0.1, 0.15) is 5.75 Å². The summed E-state index contributed by atoms with van der Waals surface area (Å²) in [4.78, 5) is 0. The average Bonchev–Trinajstić information content (AvgIpc) is 2.89. The van der Waals surface area contributed by atoms with Crippen LogP contribution in [0.4, 0.5) is 13.2 Å². The van der Waals surface area contributed by atoms with Crippen molar-refractivity contribution in [2.24, 2.45) is 5.41 Å². The van der Waals surface area contributed by atoms with Crippen LogP contribution >= 0.6 is 11.6 Å². The van der Waals surface area contributed by atoms with Crippen molar-refractivity contribution in [3.63, 3.8) is 0 Å². The number of benzene rings is 1. The smallest absolute Gasteiger partial charge is 0.394 e. The minimum absolute atomic E-state index is 0.131. The Labute approximate surface area is 157 Å². The van der Waals surface area contributed by atoms with Gasteiger partial charge in [-0.3, -0.25) is 4.68 Å². The molecule has 0 aliphatic rings. The van der Waals surface area contributed by atoms with E-state index in [1.807, 2.05) is 13.8 Å². The Hall–Kier alpha value is -1.69. The number of methoxy groups -OCH3 is 1. The maximum atomic E-state index is 13.2. The first-order valence-corrected chi connectivity index (χ1v) is 8.92. The van der Waals surface area contributed by atoms with Gasteiger partial charge in [0.25, 0.3) is 0 Å². The van der Waals surface area contributed by atoms with Crippen molar-refractivity contribution >= 4 is 11.6 Å². The Balaban J connectivity index is 2.50. The van der Waals surface area contributed by atoms with Crippen molar-refractivity contribution in [1.29, 1.82) is 0 Å². The summed E-state index contributed by atoms with van der Waals surface area (Å²) in [5.74, 6) is 0.486. The Morgan fingerprint density at radius 3 is 2.35 bits per heavy atom. The summed E-state index contributed by atoms with van der Waals surface area (Å²) in [6.45, 7) is 6.95. The molecule has 3 nitrogen and oxygen atoms in total. The van der Waals surface area contributed by atoms with Gasteiger partial charge in [0.05, 0.1) is 28.9 Å². The summed E-state index contributed by atoms with van der Waals surface area (Å²) in [6.07, 6.45) is -3.72. The molecule has 26 heavy (non-hydrogen) atoms. The molecule has 0 spiro atoms. The van der Waals surface area contributed by atoms with Crippen LogP contribution in [-0.4, -0.2) is 23.1 Å². The zero-order valence-corrected chi connectivity index (χ0v) is 16.4. The second-order valence-corrected chi connectivity index (χ2v) is 7.25. The van der Waals surface area contributed by atoms with Gasteiger partial charge in [-0.15, -0.1) is 0 Å². The number of aromatic nitrogens is 2. The first-order valence-electron chi connectivity index (χ1n) is 8.54. The van der Waals surface area contributed by atoms with Crippen LogP contribution in [0.2, 0.25) is 5.02 Å². The van der Waals surface area contributed by atoms with E-state index in [2.05, 4.69) is 5.10 Å². The van der Waals surface area contributed by atoms with Crippen LogP contribution in [-0.2, 0) is 19.4 Å². The highest BCUT2D eigenvalue weighted by Crippen LogP contribution is 2.42. The highest BCUT2D eigenvalue weighted by atomic mass is 35.5. The van der Waals surface area contributed by atoms with E-state index in [0.29, 0.717) is 29.3 Å². The van der Waals surface area contributed by atoms with Crippen molar-refractivity contribution in [2.45, 2.75) is 53.3 Å². The number of halogens is 4. The predicted octanol–water partition coefficient (Wildman–Crippen LogP) is 5.93. The highest BCUT2D eigenvalue weighted by Gasteiger charge is 2.47. The summed E-state index contributed by atoms with van der Waals surface area (Å²) in [7, 11) is 1.50. The normalized spacial score (nSPS) is 12.5. The highest BCUT2D eigenvalue weighted by molar-refractivity contribution is 6.33. The summed E-state index contributed by atoms with van der Waals surface area (Å²) < 4.78 is 46.8. The van der Waals surface area contributed by atoms with E-state index in [1.54, 1.807) is 22.9 Å². The van der Waals surface area contributed by atoms with E-state index < -0.39 is 11.6 Å². The number of rotatable bonds is 6. The van der Waals surface area contributed by atoms with Gasteiger partial charge in [-0.1, -0.05) is 38.4 Å². The molecule has 0 fully saturated rings. The Bertz CT molecular complexity index is 782. The largest absolute Gasteiger partial charge is 0.496 e. The second kappa shape index (κ2) is 7.51. The summed E-state index contributed by atoms with van der Waals surface area (Å²) in [5, 5.41) is 5.04. The molecule has 1 aromatic heterocycles. The first-order chi connectivity index (χ1) is 12.1. The molecule has 0 unspecified atom stereocenters. The molecule has 2 aromatic rings. The van der Waals surface area contributed by atoms with E-state index in [4.69, 9.17) is 16.3 Å². The fraction of sp³-hybridized carbons (Fsp3) is 0.526. The van der Waals surface area contributed by atoms with Crippen molar-refractivity contribution in [1.82, 2.24) is 9.78 Å². The minimum Gasteiger partial charge on any atom is -0.496 e. The Morgan fingerprint density at radius 1 is 1.19 bits per heavy atom. The maximum absolute atomic E-state index is 13.2. The molecular weight excluding hydrogens is 365 g/mol. The number of hydrogen-bond donors (Lipinski definition) is 0. The fourth-order valence-electron chi connectivity index (χ4n) is 2.85. The summed E-state index contributed by atoms with van der Waals surface area (Å²) in [6, 6.07) is 5.10. The lowest BCUT2D eigenvalue weighted by atomic mass is 9.84. The van der Waals surface area contributed by atoms with Crippen molar-refractivity contribution < 1.29 is 17.9 Å². The van der Waals surface area contributed by atoms with Gasteiger partial charge in [-0.25, -0.2) is 0 Å². The molecule has 0 radical (unpaired) electrons. The molecule has 144 valence electrons. The minimum atomic E-state index is -4.28. The average molecular weight is 389 g/mol. The molecule has 2 rings (SSSR count). The van der Waals surface area contributed by atoms with Crippen LogP contribution < -0.4 is 4.74 Å².